The molecule has 1 saturated heterocycles. The Bertz CT molecular complexity index is 146. The molecular weight excluding hydrogens is 170 g/mol. The van der Waals surface area contributed by atoms with E-state index in [1.54, 1.807) is 0 Å². The molecule has 4 nitrogen and oxygen atoms in total. The van der Waals surface area contributed by atoms with Crippen molar-refractivity contribution in [3.63, 3.8) is 0 Å². The average Bonchev–Trinajstić information content (AvgIpc) is 2.19. The fourth-order valence-electron chi connectivity index (χ4n) is 1.65. The number of likely N-dealkylation sites (tertiary alicyclic amines) is 1. The van der Waals surface area contributed by atoms with E-state index in [1.165, 1.54) is 19.3 Å². The third-order valence-corrected chi connectivity index (χ3v) is 2.36. The quantitative estimate of drug-likeness (QED) is 0.616. The van der Waals surface area contributed by atoms with Gasteiger partial charge in [-0.3, -0.25) is 9.69 Å². The summed E-state index contributed by atoms with van der Waals surface area (Å²) in [6.07, 6.45) is 3.35. The van der Waals surface area contributed by atoms with Gasteiger partial charge < -0.3 is 9.84 Å². The van der Waals surface area contributed by atoms with E-state index in [9.17, 15) is 4.79 Å². The van der Waals surface area contributed by atoms with E-state index in [2.05, 4.69) is 4.90 Å². The predicted octanol–water partition coefficient (Wildman–Crippen LogP) is 0.00620. The lowest BCUT2D eigenvalue weighted by atomic mass is 10.1. The summed E-state index contributed by atoms with van der Waals surface area (Å²) in [6, 6.07) is 0. The standard InChI is InChI=1S/C9H17NO3/c11-7-9(13-8-12)6-10-4-2-1-3-5-10/h8-9,11H,1-7H2. The molecule has 1 aliphatic heterocycles. The zero-order chi connectivity index (χ0) is 9.52. The molecule has 1 atom stereocenters. The number of aliphatic hydroxyl groups excluding tert-OH is 1. The molecule has 0 aromatic rings. The molecule has 0 aliphatic carbocycles. The monoisotopic (exact) mass is 187 g/mol. The minimum atomic E-state index is -0.351. The molecule has 1 heterocycles. The van der Waals surface area contributed by atoms with Crippen LogP contribution in [0.3, 0.4) is 0 Å². The van der Waals surface area contributed by atoms with Gasteiger partial charge in [0.25, 0.3) is 6.47 Å². The minimum absolute atomic E-state index is 0.0881. The Hall–Kier alpha value is -0.610. The maximum atomic E-state index is 10.1. The highest BCUT2D eigenvalue weighted by atomic mass is 16.5. The molecule has 0 radical (unpaired) electrons. The van der Waals surface area contributed by atoms with Crippen molar-refractivity contribution in [2.24, 2.45) is 0 Å². The van der Waals surface area contributed by atoms with Crippen LogP contribution in [-0.2, 0) is 9.53 Å². The zero-order valence-corrected chi connectivity index (χ0v) is 7.82. The number of hydrogen-bond donors (Lipinski definition) is 1. The number of nitrogens with zero attached hydrogens (tertiary/aromatic N) is 1. The third kappa shape index (κ3) is 3.74. The van der Waals surface area contributed by atoms with Crippen molar-refractivity contribution in [2.45, 2.75) is 25.4 Å². The summed E-state index contributed by atoms with van der Waals surface area (Å²) in [4.78, 5) is 12.3. The van der Waals surface area contributed by atoms with Crippen molar-refractivity contribution in [2.75, 3.05) is 26.2 Å². The summed E-state index contributed by atoms with van der Waals surface area (Å²) < 4.78 is 4.72. The Morgan fingerprint density at radius 1 is 1.38 bits per heavy atom. The van der Waals surface area contributed by atoms with Gasteiger partial charge in [0.2, 0.25) is 0 Å². The molecule has 0 bridgehead atoms. The summed E-state index contributed by atoms with van der Waals surface area (Å²) in [5.74, 6) is 0. The van der Waals surface area contributed by atoms with Gasteiger partial charge in [-0.05, 0) is 25.9 Å². The largest absolute Gasteiger partial charge is 0.461 e. The van der Waals surface area contributed by atoms with E-state index in [0.29, 0.717) is 13.0 Å². The first-order valence-corrected chi connectivity index (χ1v) is 4.79. The van der Waals surface area contributed by atoms with Crippen LogP contribution in [0.1, 0.15) is 19.3 Å². The molecule has 76 valence electrons. The molecule has 0 amide bonds. The van der Waals surface area contributed by atoms with Gasteiger partial charge in [-0.2, -0.15) is 0 Å². The molecule has 0 spiro atoms. The molecule has 1 unspecified atom stereocenters. The Morgan fingerprint density at radius 3 is 2.62 bits per heavy atom. The van der Waals surface area contributed by atoms with Crippen LogP contribution in [0, 0.1) is 0 Å². The molecule has 0 aromatic heterocycles. The van der Waals surface area contributed by atoms with Gasteiger partial charge in [0.1, 0.15) is 6.10 Å². The Kier molecular flexibility index (Phi) is 4.78. The average molecular weight is 187 g/mol. The highest BCUT2D eigenvalue weighted by molar-refractivity contribution is 5.37. The maximum Gasteiger partial charge on any atom is 0.293 e. The highest BCUT2D eigenvalue weighted by Crippen LogP contribution is 2.09. The number of ether oxygens (including phenoxy) is 1. The van der Waals surface area contributed by atoms with E-state index < -0.39 is 0 Å². The van der Waals surface area contributed by atoms with E-state index in [4.69, 9.17) is 9.84 Å². The van der Waals surface area contributed by atoms with Gasteiger partial charge >= 0.3 is 0 Å². The SMILES string of the molecule is O=COC(CO)CN1CCCCC1. The van der Waals surface area contributed by atoms with Gasteiger partial charge in [-0.15, -0.1) is 0 Å². The van der Waals surface area contributed by atoms with Crippen molar-refractivity contribution in [1.82, 2.24) is 4.90 Å². The number of carbonyl (C=O) groups is 1. The number of aliphatic hydroxyl groups is 1. The van der Waals surface area contributed by atoms with Crippen molar-refractivity contribution in [3.8, 4) is 0 Å². The molecule has 13 heavy (non-hydrogen) atoms. The molecule has 0 aromatic carbocycles. The van der Waals surface area contributed by atoms with Gasteiger partial charge in [0.05, 0.1) is 6.61 Å². The lowest BCUT2D eigenvalue weighted by Gasteiger charge is -2.28. The summed E-state index contributed by atoms with van der Waals surface area (Å²) in [6.45, 7) is 3.09. The third-order valence-electron chi connectivity index (χ3n) is 2.36. The minimum Gasteiger partial charge on any atom is -0.461 e. The van der Waals surface area contributed by atoms with Crippen LogP contribution in [-0.4, -0.2) is 48.8 Å². The van der Waals surface area contributed by atoms with Gasteiger partial charge in [-0.1, -0.05) is 6.42 Å². The fourth-order valence-corrected chi connectivity index (χ4v) is 1.65. The molecule has 1 rings (SSSR count). The highest BCUT2D eigenvalue weighted by Gasteiger charge is 2.16. The Balaban J connectivity index is 2.22. The molecule has 1 N–H and O–H groups in total. The van der Waals surface area contributed by atoms with E-state index in [0.717, 1.165) is 13.1 Å². The fraction of sp³-hybridized carbons (Fsp3) is 0.889. The van der Waals surface area contributed by atoms with Crippen LogP contribution >= 0.6 is 0 Å². The lowest BCUT2D eigenvalue weighted by molar-refractivity contribution is -0.136. The second-order valence-corrected chi connectivity index (χ2v) is 3.40. The number of rotatable bonds is 5. The van der Waals surface area contributed by atoms with E-state index in [1.807, 2.05) is 0 Å². The topological polar surface area (TPSA) is 49.8 Å². The van der Waals surface area contributed by atoms with Crippen LogP contribution in [0.25, 0.3) is 0 Å². The number of piperidine rings is 1. The van der Waals surface area contributed by atoms with E-state index >= 15 is 0 Å². The second kappa shape index (κ2) is 5.94. The summed E-state index contributed by atoms with van der Waals surface area (Å²) in [7, 11) is 0. The van der Waals surface area contributed by atoms with Crippen molar-refractivity contribution < 1.29 is 14.6 Å². The van der Waals surface area contributed by atoms with Gasteiger partial charge in [-0.25, -0.2) is 0 Å². The van der Waals surface area contributed by atoms with Crippen LogP contribution in [0.2, 0.25) is 0 Å². The molecular formula is C9H17NO3. The van der Waals surface area contributed by atoms with Crippen molar-refractivity contribution in [1.29, 1.82) is 0 Å². The predicted molar refractivity (Wildman–Crippen MR) is 48.3 cm³/mol. The van der Waals surface area contributed by atoms with Gasteiger partial charge in [0, 0.05) is 6.54 Å². The molecule has 0 saturated carbocycles. The summed E-state index contributed by atoms with van der Waals surface area (Å²) >= 11 is 0. The first-order valence-electron chi connectivity index (χ1n) is 4.79. The van der Waals surface area contributed by atoms with Crippen LogP contribution in [0.15, 0.2) is 0 Å². The van der Waals surface area contributed by atoms with Gasteiger partial charge in [0.15, 0.2) is 0 Å². The molecule has 1 aliphatic rings. The smallest absolute Gasteiger partial charge is 0.293 e. The van der Waals surface area contributed by atoms with Crippen LogP contribution in [0.5, 0.6) is 0 Å². The Labute approximate surface area is 78.5 Å². The maximum absolute atomic E-state index is 10.1. The first-order chi connectivity index (χ1) is 6.36. The number of hydrogen-bond acceptors (Lipinski definition) is 4. The summed E-state index contributed by atoms with van der Waals surface area (Å²) in [5, 5.41) is 8.88. The number of carbonyl (C=O) groups excluding carboxylic acids is 1. The van der Waals surface area contributed by atoms with Crippen LogP contribution in [0.4, 0.5) is 0 Å². The summed E-state index contributed by atoms with van der Waals surface area (Å²) in [5.41, 5.74) is 0. The van der Waals surface area contributed by atoms with Crippen molar-refractivity contribution >= 4 is 6.47 Å². The molecule has 4 heteroatoms. The lowest BCUT2D eigenvalue weighted by Crippen LogP contribution is -2.38. The molecule has 1 fully saturated rings. The normalized spacial score (nSPS) is 21.0. The van der Waals surface area contributed by atoms with E-state index in [-0.39, 0.29) is 12.7 Å². The Morgan fingerprint density at radius 2 is 2.08 bits per heavy atom. The first kappa shape index (κ1) is 10.5. The van der Waals surface area contributed by atoms with Crippen molar-refractivity contribution in [3.05, 3.63) is 0 Å². The second-order valence-electron chi connectivity index (χ2n) is 3.40. The van der Waals surface area contributed by atoms with Crippen LogP contribution < -0.4 is 0 Å². The zero-order valence-electron chi connectivity index (χ0n) is 7.82.